The Morgan fingerprint density at radius 1 is 1.00 bits per heavy atom. The fourth-order valence-electron chi connectivity index (χ4n) is 3.61. The van der Waals surface area contributed by atoms with Crippen molar-refractivity contribution in [2.45, 2.75) is 26.0 Å². The molecular weight excluding hydrogens is 354 g/mol. The molecule has 142 valence electrons. The number of nitrogens with zero attached hydrogens (tertiary/aromatic N) is 1. The molecule has 1 aliphatic heterocycles. The van der Waals surface area contributed by atoms with E-state index >= 15 is 0 Å². The van der Waals surface area contributed by atoms with E-state index in [1.54, 1.807) is 17.9 Å². The molecule has 3 aromatic rings. The van der Waals surface area contributed by atoms with Crippen LogP contribution in [0.5, 0.6) is 5.75 Å². The summed E-state index contributed by atoms with van der Waals surface area (Å²) in [5.74, 6) is -1.10. The molecule has 0 radical (unpaired) electrons. The number of fused-ring (bicyclic) bond motifs is 2. The molecule has 5 heteroatoms. The molecular formula is C23H21NO4. The zero-order valence-corrected chi connectivity index (χ0v) is 15.6. The fraction of sp³-hybridized carbons (Fsp3) is 0.217. The summed E-state index contributed by atoms with van der Waals surface area (Å²) in [6.45, 7) is 2.68. The van der Waals surface area contributed by atoms with Crippen molar-refractivity contribution in [3.05, 3.63) is 77.4 Å². The number of amides is 1. The highest BCUT2D eigenvalue weighted by molar-refractivity contribution is 5.99. The van der Waals surface area contributed by atoms with Gasteiger partial charge in [-0.25, -0.2) is 4.79 Å². The molecule has 0 fully saturated rings. The summed E-state index contributed by atoms with van der Waals surface area (Å²) in [5, 5.41) is 11.8. The summed E-state index contributed by atoms with van der Waals surface area (Å²) in [6.07, 6.45) is -0.141. The van der Waals surface area contributed by atoms with Gasteiger partial charge in [0.2, 0.25) is 0 Å². The van der Waals surface area contributed by atoms with Crippen LogP contribution < -0.4 is 0 Å². The molecule has 1 heterocycles. The lowest BCUT2D eigenvalue weighted by Gasteiger charge is -2.30. The maximum atomic E-state index is 12.8. The number of benzene rings is 3. The van der Waals surface area contributed by atoms with Gasteiger partial charge >= 0.3 is 5.97 Å². The molecule has 0 spiro atoms. The lowest BCUT2D eigenvalue weighted by Crippen LogP contribution is -2.42. The lowest BCUT2D eigenvalue weighted by molar-refractivity contribution is -0.140. The van der Waals surface area contributed by atoms with Crippen LogP contribution in [0, 0.1) is 0 Å². The van der Waals surface area contributed by atoms with E-state index in [2.05, 4.69) is 6.07 Å². The topological polar surface area (TPSA) is 66.8 Å². The van der Waals surface area contributed by atoms with Crippen molar-refractivity contribution < 1.29 is 19.4 Å². The van der Waals surface area contributed by atoms with E-state index in [0.29, 0.717) is 13.1 Å². The standard InChI is InChI=1S/C23H21NO4/c1-15(22(26)24-11-10-16-6-2-5-9-19(16)14-24)28-23(27)20-12-17-7-3-4-8-18(17)13-21(20)25/h2-9,12-13,15,25H,10-11,14H2,1H3/t15-/m1/s1. The van der Waals surface area contributed by atoms with E-state index < -0.39 is 12.1 Å². The molecule has 0 unspecified atom stereocenters. The van der Waals surface area contributed by atoms with Gasteiger partial charge in [-0.3, -0.25) is 4.79 Å². The number of esters is 1. The maximum absolute atomic E-state index is 12.8. The van der Waals surface area contributed by atoms with E-state index in [9.17, 15) is 14.7 Å². The monoisotopic (exact) mass is 375 g/mol. The zero-order valence-electron chi connectivity index (χ0n) is 15.6. The Hall–Kier alpha value is -3.34. The van der Waals surface area contributed by atoms with Gasteiger partial charge in [0.25, 0.3) is 5.91 Å². The number of aromatic hydroxyl groups is 1. The van der Waals surface area contributed by atoms with Crippen LogP contribution in [0.4, 0.5) is 0 Å². The highest BCUT2D eigenvalue weighted by atomic mass is 16.5. The van der Waals surface area contributed by atoms with Gasteiger partial charge in [-0.2, -0.15) is 0 Å². The summed E-state index contributed by atoms with van der Waals surface area (Å²) in [6, 6.07) is 18.6. The van der Waals surface area contributed by atoms with Crippen LogP contribution in [0.2, 0.25) is 0 Å². The first-order chi connectivity index (χ1) is 13.5. The Bertz CT molecular complexity index is 1060. The Kier molecular flexibility index (Phi) is 4.74. The minimum Gasteiger partial charge on any atom is -0.507 e. The Balaban J connectivity index is 1.47. The van der Waals surface area contributed by atoms with Crippen LogP contribution in [0.25, 0.3) is 10.8 Å². The molecule has 1 aliphatic rings. The Morgan fingerprint density at radius 3 is 2.39 bits per heavy atom. The normalized spacial score (nSPS) is 14.4. The van der Waals surface area contributed by atoms with Gasteiger partial charge in [0.05, 0.1) is 0 Å². The molecule has 1 amide bonds. The molecule has 4 rings (SSSR count). The molecule has 1 N–H and O–H groups in total. The van der Waals surface area contributed by atoms with E-state index in [1.165, 1.54) is 11.6 Å². The first-order valence-corrected chi connectivity index (χ1v) is 9.31. The third kappa shape index (κ3) is 3.43. The first-order valence-electron chi connectivity index (χ1n) is 9.31. The van der Waals surface area contributed by atoms with Crippen LogP contribution >= 0.6 is 0 Å². The molecule has 0 aromatic heterocycles. The van der Waals surface area contributed by atoms with E-state index in [-0.39, 0.29) is 17.2 Å². The Labute approximate surface area is 163 Å². The van der Waals surface area contributed by atoms with Gasteiger partial charge in [0, 0.05) is 13.1 Å². The average Bonchev–Trinajstić information content (AvgIpc) is 2.72. The number of phenols is 1. The van der Waals surface area contributed by atoms with Gasteiger partial charge in [0.1, 0.15) is 11.3 Å². The molecule has 0 aliphatic carbocycles. The number of phenolic OH excluding ortho intramolecular Hbond substituents is 1. The highest BCUT2D eigenvalue weighted by Gasteiger charge is 2.28. The van der Waals surface area contributed by atoms with Crippen LogP contribution in [-0.4, -0.2) is 34.5 Å². The van der Waals surface area contributed by atoms with Crippen LogP contribution in [-0.2, 0) is 22.5 Å². The van der Waals surface area contributed by atoms with Gasteiger partial charge in [0.15, 0.2) is 6.10 Å². The van der Waals surface area contributed by atoms with Crippen molar-refractivity contribution in [1.82, 2.24) is 4.90 Å². The number of hydrogen-bond acceptors (Lipinski definition) is 4. The third-order valence-electron chi connectivity index (χ3n) is 5.16. The second-order valence-corrected chi connectivity index (χ2v) is 7.04. The molecule has 0 saturated carbocycles. The number of rotatable bonds is 3. The average molecular weight is 375 g/mol. The summed E-state index contributed by atoms with van der Waals surface area (Å²) in [5.41, 5.74) is 2.42. The molecule has 28 heavy (non-hydrogen) atoms. The first kappa shape index (κ1) is 18.0. The predicted octanol–water partition coefficient (Wildman–Crippen LogP) is 3.68. The van der Waals surface area contributed by atoms with Crippen molar-refractivity contribution in [1.29, 1.82) is 0 Å². The SMILES string of the molecule is C[C@@H](OC(=O)c1cc2ccccc2cc1O)C(=O)N1CCc2ccccc2C1. The van der Waals surface area contributed by atoms with Gasteiger partial charge < -0.3 is 14.7 Å². The summed E-state index contributed by atoms with van der Waals surface area (Å²) >= 11 is 0. The highest BCUT2D eigenvalue weighted by Crippen LogP contribution is 2.26. The summed E-state index contributed by atoms with van der Waals surface area (Å²) < 4.78 is 5.38. The number of ether oxygens (including phenoxy) is 1. The van der Waals surface area contributed by atoms with Gasteiger partial charge in [-0.1, -0.05) is 48.5 Å². The maximum Gasteiger partial charge on any atom is 0.342 e. The largest absolute Gasteiger partial charge is 0.507 e. The summed E-state index contributed by atoms with van der Waals surface area (Å²) in [7, 11) is 0. The molecule has 0 bridgehead atoms. The van der Waals surface area contributed by atoms with Crippen LogP contribution in [0.1, 0.15) is 28.4 Å². The van der Waals surface area contributed by atoms with Gasteiger partial charge in [-0.15, -0.1) is 0 Å². The van der Waals surface area contributed by atoms with Crippen molar-refractivity contribution >= 4 is 22.6 Å². The molecule has 5 nitrogen and oxygen atoms in total. The minimum atomic E-state index is -0.927. The van der Waals surface area contributed by atoms with E-state index in [4.69, 9.17) is 4.74 Å². The van der Waals surface area contributed by atoms with Crippen LogP contribution in [0.15, 0.2) is 60.7 Å². The van der Waals surface area contributed by atoms with Crippen molar-refractivity contribution in [2.75, 3.05) is 6.54 Å². The second-order valence-electron chi connectivity index (χ2n) is 7.04. The summed E-state index contributed by atoms with van der Waals surface area (Å²) in [4.78, 5) is 27.0. The lowest BCUT2D eigenvalue weighted by atomic mass is 9.99. The van der Waals surface area contributed by atoms with Crippen molar-refractivity contribution in [2.24, 2.45) is 0 Å². The predicted molar refractivity (Wildman–Crippen MR) is 106 cm³/mol. The van der Waals surface area contributed by atoms with E-state index in [1.807, 2.05) is 42.5 Å². The third-order valence-corrected chi connectivity index (χ3v) is 5.16. The minimum absolute atomic E-state index is 0.0577. The molecule has 0 saturated heterocycles. The van der Waals surface area contributed by atoms with Gasteiger partial charge in [-0.05, 0) is 47.4 Å². The molecule has 3 aromatic carbocycles. The zero-order chi connectivity index (χ0) is 19.7. The smallest absolute Gasteiger partial charge is 0.342 e. The Morgan fingerprint density at radius 2 is 1.64 bits per heavy atom. The second kappa shape index (κ2) is 7.35. The van der Waals surface area contributed by atoms with E-state index in [0.717, 1.165) is 22.8 Å². The fourth-order valence-corrected chi connectivity index (χ4v) is 3.61. The van der Waals surface area contributed by atoms with Crippen molar-refractivity contribution in [3.8, 4) is 5.75 Å². The quantitative estimate of drug-likeness (QED) is 0.709. The van der Waals surface area contributed by atoms with Crippen LogP contribution in [0.3, 0.4) is 0 Å². The van der Waals surface area contributed by atoms with Crippen molar-refractivity contribution in [3.63, 3.8) is 0 Å². The molecule has 1 atom stereocenters. The number of carbonyl (C=O) groups is 2. The number of hydrogen-bond donors (Lipinski definition) is 1. The number of carbonyl (C=O) groups excluding carboxylic acids is 2.